The molecule has 0 spiro atoms. The lowest BCUT2D eigenvalue weighted by Crippen LogP contribution is -2.28. The first-order valence-corrected chi connectivity index (χ1v) is 5.93. The molecule has 1 heterocycles. The summed E-state index contributed by atoms with van der Waals surface area (Å²) in [5, 5.41) is 12.4. The van der Waals surface area contributed by atoms with E-state index in [0.717, 1.165) is 10.8 Å². The van der Waals surface area contributed by atoms with Gasteiger partial charge < -0.3 is 19.1 Å². The van der Waals surface area contributed by atoms with Gasteiger partial charge in [-0.1, -0.05) is 18.2 Å². The number of fused-ring (bicyclic) bond motifs is 3. The number of carbonyl (C=O) groups is 1. The van der Waals surface area contributed by atoms with Crippen molar-refractivity contribution in [2.24, 2.45) is 0 Å². The zero-order valence-electron chi connectivity index (χ0n) is 10.3. The van der Waals surface area contributed by atoms with Crippen LogP contribution in [0.15, 0.2) is 51.7 Å². The van der Waals surface area contributed by atoms with E-state index < -0.39 is 18.2 Å². The normalized spacial score (nSPS) is 10.8. The van der Waals surface area contributed by atoms with Crippen LogP contribution in [-0.2, 0) is 4.79 Å². The molecule has 0 saturated heterocycles. The van der Waals surface area contributed by atoms with Gasteiger partial charge in [0, 0.05) is 11.5 Å². The third-order valence-corrected chi connectivity index (χ3v) is 2.95. The SMILES string of the molecule is O=C([O-])COc1ccc2c(c1)oc(=O)c1ccccc12. The van der Waals surface area contributed by atoms with Crippen LogP contribution >= 0.6 is 0 Å². The van der Waals surface area contributed by atoms with Gasteiger partial charge in [0.25, 0.3) is 0 Å². The average Bonchev–Trinajstić information content (AvgIpc) is 2.45. The maximum Gasteiger partial charge on any atom is 0.344 e. The summed E-state index contributed by atoms with van der Waals surface area (Å²) >= 11 is 0. The van der Waals surface area contributed by atoms with Crippen molar-refractivity contribution in [2.45, 2.75) is 0 Å². The second-order valence-electron chi connectivity index (χ2n) is 4.25. The second-order valence-corrected chi connectivity index (χ2v) is 4.25. The van der Waals surface area contributed by atoms with Gasteiger partial charge >= 0.3 is 5.63 Å². The van der Waals surface area contributed by atoms with E-state index in [9.17, 15) is 14.7 Å². The van der Waals surface area contributed by atoms with Gasteiger partial charge in [0.1, 0.15) is 17.9 Å². The van der Waals surface area contributed by atoms with E-state index in [0.29, 0.717) is 16.7 Å². The van der Waals surface area contributed by atoms with Crippen LogP contribution in [0.3, 0.4) is 0 Å². The van der Waals surface area contributed by atoms with Crippen LogP contribution in [-0.4, -0.2) is 12.6 Å². The molecule has 0 bridgehead atoms. The third-order valence-electron chi connectivity index (χ3n) is 2.95. The van der Waals surface area contributed by atoms with E-state index in [1.54, 1.807) is 24.3 Å². The molecule has 100 valence electrons. The van der Waals surface area contributed by atoms with Gasteiger partial charge in [0.05, 0.1) is 11.4 Å². The Balaban J connectivity index is 2.18. The van der Waals surface area contributed by atoms with E-state index in [1.165, 1.54) is 6.07 Å². The number of ether oxygens (including phenoxy) is 1. The molecule has 0 aliphatic carbocycles. The van der Waals surface area contributed by atoms with Gasteiger partial charge in [-0.05, 0) is 23.6 Å². The van der Waals surface area contributed by atoms with E-state index in [2.05, 4.69) is 0 Å². The Morgan fingerprint density at radius 1 is 1.10 bits per heavy atom. The molecule has 0 fully saturated rings. The third kappa shape index (κ3) is 2.09. The van der Waals surface area contributed by atoms with Crippen LogP contribution in [0.4, 0.5) is 0 Å². The number of rotatable bonds is 3. The molecule has 3 rings (SSSR count). The summed E-state index contributed by atoms with van der Waals surface area (Å²) in [7, 11) is 0. The van der Waals surface area contributed by atoms with Gasteiger partial charge in [0.2, 0.25) is 0 Å². The number of benzene rings is 2. The molecule has 20 heavy (non-hydrogen) atoms. The minimum Gasteiger partial charge on any atom is -0.546 e. The highest BCUT2D eigenvalue weighted by molar-refractivity contribution is 6.04. The first-order valence-electron chi connectivity index (χ1n) is 5.93. The molecule has 0 radical (unpaired) electrons. The summed E-state index contributed by atoms with van der Waals surface area (Å²) in [5.74, 6) is -1.01. The molecule has 0 saturated carbocycles. The van der Waals surface area contributed by atoms with Gasteiger partial charge in [-0.3, -0.25) is 0 Å². The minimum atomic E-state index is -1.31. The molecule has 3 aromatic rings. The second kappa shape index (κ2) is 4.70. The maximum absolute atomic E-state index is 11.9. The molecule has 0 atom stereocenters. The number of carboxylic acid groups (broad SMARTS) is 1. The highest BCUT2D eigenvalue weighted by Gasteiger charge is 2.07. The van der Waals surface area contributed by atoms with E-state index in [4.69, 9.17) is 9.15 Å². The standard InChI is InChI=1S/C15H10O5/c16-14(17)8-19-9-5-6-11-10-3-1-2-4-12(10)15(18)20-13(11)7-9/h1-7H,8H2,(H,16,17)/p-1. The first kappa shape index (κ1) is 12.2. The van der Waals surface area contributed by atoms with Crippen LogP contribution in [0.25, 0.3) is 21.7 Å². The summed E-state index contributed by atoms with van der Waals surface area (Å²) < 4.78 is 10.2. The number of carboxylic acids is 1. The van der Waals surface area contributed by atoms with Gasteiger partial charge in [-0.25, -0.2) is 4.79 Å². The molecule has 5 nitrogen and oxygen atoms in total. The fraction of sp³-hybridized carbons (Fsp3) is 0.0667. The molecule has 2 aromatic carbocycles. The fourth-order valence-electron chi connectivity index (χ4n) is 2.09. The van der Waals surface area contributed by atoms with Gasteiger partial charge in [-0.15, -0.1) is 0 Å². The van der Waals surface area contributed by atoms with Crippen molar-refractivity contribution in [2.75, 3.05) is 6.61 Å². The van der Waals surface area contributed by atoms with Crippen molar-refractivity contribution in [3.8, 4) is 5.75 Å². The zero-order valence-corrected chi connectivity index (χ0v) is 10.3. The molecule has 5 heteroatoms. The molecule has 0 amide bonds. The Labute approximate surface area is 113 Å². The molecular weight excluding hydrogens is 260 g/mol. The number of hydrogen-bond donors (Lipinski definition) is 0. The van der Waals surface area contributed by atoms with Crippen molar-refractivity contribution in [1.29, 1.82) is 0 Å². The zero-order chi connectivity index (χ0) is 14.1. The van der Waals surface area contributed by atoms with Crippen LogP contribution in [0, 0.1) is 0 Å². The number of aliphatic carboxylic acids is 1. The Kier molecular flexibility index (Phi) is 2.87. The molecule has 0 aliphatic rings. The quantitative estimate of drug-likeness (QED) is 0.525. The fourth-order valence-corrected chi connectivity index (χ4v) is 2.09. The highest BCUT2D eigenvalue weighted by atomic mass is 16.5. The Bertz CT molecular complexity index is 863. The lowest BCUT2D eigenvalue weighted by molar-refractivity contribution is -0.307. The van der Waals surface area contributed by atoms with Gasteiger partial charge in [0.15, 0.2) is 0 Å². The summed E-state index contributed by atoms with van der Waals surface area (Å²) in [6.07, 6.45) is 0. The van der Waals surface area contributed by atoms with E-state index in [-0.39, 0.29) is 0 Å². The van der Waals surface area contributed by atoms with Crippen LogP contribution in [0.2, 0.25) is 0 Å². The summed E-state index contributed by atoms with van der Waals surface area (Å²) in [4.78, 5) is 22.2. The monoisotopic (exact) mass is 269 g/mol. The molecule has 1 aromatic heterocycles. The van der Waals surface area contributed by atoms with E-state index >= 15 is 0 Å². The summed E-state index contributed by atoms with van der Waals surface area (Å²) in [5.41, 5.74) is -0.0882. The number of hydrogen-bond acceptors (Lipinski definition) is 5. The van der Waals surface area contributed by atoms with Crippen molar-refractivity contribution in [3.63, 3.8) is 0 Å². The topological polar surface area (TPSA) is 79.6 Å². The predicted octanol–water partition coefficient (Wildman–Crippen LogP) is 1.07. The molecule has 0 unspecified atom stereocenters. The first-order chi connectivity index (χ1) is 9.65. The highest BCUT2D eigenvalue weighted by Crippen LogP contribution is 2.26. The summed E-state index contributed by atoms with van der Waals surface area (Å²) in [6.45, 7) is -0.552. The molecule has 0 N–H and O–H groups in total. The summed E-state index contributed by atoms with van der Waals surface area (Å²) in [6, 6.07) is 12.0. The van der Waals surface area contributed by atoms with Crippen molar-refractivity contribution < 1.29 is 19.1 Å². The lowest BCUT2D eigenvalue weighted by atomic mass is 10.1. The smallest absolute Gasteiger partial charge is 0.344 e. The number of carbonyl (C=O) groups excluding carboxylic acids is 1. The van der Waals surface area contributed by atoms with Crippen LogP contribution in [0.1, 0.15) is 0 Å². The van der Waals surface area contributed by atoms with E-state index in [1.807, 2.05) is 12.1 Å². The van der Waals surface area contributed by atoms with Crippen LogP contribution in [0.5, 0.6) is 5.75 Å². The van der Waals surface area contributed by atoms with Gasteiger partial charge in [-0.2, -0.15) is 0 Å². The average molecular weight is 269 g/mol. The lowest BCUT2D eigenvalue weighted by Gasteiger charge is -2.08. The van der Waals surface area contributed by atoms with Crippen LogP contribution < -0.4 is 15.5 Å². The van der Waals surface area contributed by atoms with Crippen molar-refractivity contribution in [1.82, 2.24) is 0 Å². The Morgan fingerprint density at radius 2 is 1.85 bits per heavy atom. The van der Waals surface area contributed by atoms with Crippen molar-refractivity contribution in [3.05, 3.63) is 52.9 Å². The van der Waals surface area contributed by atoms with Crippen molar-refractivity contribution >= 4 is 27.7 Å². The molecule has 0 aliphatic heterocycles. The maximum atomic E-state index is 11.9. The Hall–Kier alpha value is -2.82. The minimum absolute atomic E-state index is 0.306. The Morgan fingerprint density at radius 3 is 2.60 bits per heavy atom. The predicted molar refractivity (Wildman–Crippen MR) is 70.5 cm³/mol. The molecular formula is C15H9O5-. The largest absolute Gasteiger partial charge is 0.546 e.